The van der Waals surface area contributed by atoms with Crippen LogP contribution in [0.15, 0.2) is 36.5 Å². The Hall–Kier alpha value is -1.77. The molecule has 78 valence electrons. The van der Waals surface area contributed by atoms with Gasteiger partial charge in [-0.1, -0.05) is 0 Å². The molecule has 1 N–H and O–H groups in total. The van der Waals surface area contributed by atoms with E-state index in [1.165, 1.54) is 0 Å². The van der Waals surface area contributed by atoms with Crippen molar-refractivity contribution >= 4 is 0 Å². The van der Waals surface area contributed by atoms with Gasteiger partial charge in [0.2, 0.25) is 0 Å². The fourth-order valence-electron chi connectivity index (χ4n) is 1.41. The number of nitrogens with zero attached hydrogens (tertiary/aromatic N) is 2. The lowest BCUT2D eigenvalue weighted by atomic mass is 10.1. The van der Waals surface area contributed by atoms with Gasteiger partial charge in [0.1, 0.15) is 5.75 Å². The van der Waals surface area contributed by atoms with Gasteiger partial charge in [-0.25, -0.2) is 0 Å². The molecule has 0 unspecified atom stereocenters. The summed E-state index contributed by atoms with van der Waals surface area (Å²) in [6, 6.07) is 9.42. The van der Waals surface area contributed by atoms with Gasteiger partial charge in [0, 0.05) is 17.8 Å². The second-order valence-electron chi connectivity index (χ2n) is 3.82. The molecule has 15 heavy (non-hydrogen) atoms. The lowest BCUT2D eigenvalue weighted by molar-refractivity contribution is 0.475. The van der Waals surface area contributed by atoms with Crippen molar-refractivity contribution in [3.63, 3.8) is 0 Å². The van der Waals surface area contributed by atoms with Crippen LogP contribution in [0.5, 0.6) is 5.75 Å². The number of aromatic hydroxyl groups is 1. The van der Waals surface area contributed by atoms with E-state index in [0.29, 0.717) is 6.04 Å². The van der Waals surface area contributed by atoms with Crippen LogP contribution in [0.25, 0.3) is 11.3 Å². The van der Waals surface area contributed by atoms with Crippen LogP contribution in [-0.4, -0.2) is 14.9 Å². The van der Waals surface area contributed by atoms with E-state index in [-0.39, 0.29) is 5.75 Å². The number of phenols is 1. The Morgan fingerprint density at radius 1 is 1.13 bits per heavy atom. The Kier molecular flexibility index (Phi) is 2.46. The van der Waals surface area contributed by atoms with E-state index in [9.17, 15) is 5.11 Å². The SMILES string of the molecule is CC(C)n1ccc(-c2ccc(O)cc2)n1. The molecule has 0 spiro atoms. The van der Waals surface area contributed by atoms with Crippen molar-refractivity contribution in [1.29, 1.82) is 0 Å². The quantitative estimate of drug-likeness (QED) is 0.813. The zero-order chi connectivity index (χ0) is 10.8. The lowest BCUT2D eigenvalue weighted by Crippen LogP contribution is -2.00. The van der Waals surface area contributed by atoms with Gasteiger partial charge in [-0.2, -0.15) is 5.10 Å². The molecular formula is C12H14N2O. The van der Waals surface area contributed by atoms with Crippen LogP contribution in [0.2, 0.25) is 0 Å². The van der Waals surface area contributed by atoms with Crippen LogP contribution in [-0.2, 0) is 0 Å². The number of rotatable bonds is 2. The minimum atomic E-state index is 0.280. The first-order valence-corrected chi connectivity index (χ1v) is 5.01. The van der Waals surface area contributed by atoms with Gasteiger partial charge >= 0.3 is 0 Å². The van der Waals surface area contributed by atoms with Gasteiger partial charge in [-0.15, -0.1) is 0 Å². The van der Waals surface area contributed by atoms with Crippen LogP contribution in [0.1, 0.15) is 19.9 Å². The Balaban J connectivity index is 2.33. The highest BCUT2D eigenvalue weighted by molar-refractivity contribution is 5.59. The Morgan fingerprint density at radius 2 is 1.80 bits per heavy atom. The summed E-state index contributed by atoms with van der Waals surface area (Å²) in [5.74, 6) is 0.280. The van der Waals surface area contributed by atoms with E-state index >= 15 is 0 Å². The van der Waals surface area contributed by atoms with Gasteiger partial charge < -0.3 is 5.11 Å². The van der Waals surface area contributed by atoms with Crippen molar-refractivity contribution in [2.75, 3.05) is 0 Å². The Morgan fingerprint density at radius 3 is 2.33 bits per heavy atom. The molecule has 0 aliphatic rings. The first-order valence-electron chi connectivity index (χ1n) is 5.01. The number of hydrogen-bond acceptors (Lipinski definition) is 2. The molecule has 3 heteroatoms. The molecule has 0 saturated carbocycles. The number of hydrogen-bond donors (Lipinski definition) is 1. The van der Waals surface area contributed by atoms with Gasteiger partial charge in [-0.3, -0.25) is 4.68 Å². The molecule has 0 amide bonds. The van der Waals surface area contributed by atoms with Gasteiger partial charge in [0.25, 0.3) is 0 Å². The third kappa shape index (κ3) is 2.01. The van der Waals surface area contributed by atoms with Crippen molar-refractivity contribution in [3.8, 4) is 17.0 Å². The first kappa shape index (κ1) is 9.77. The van der Waals surface area contributed by atoms with Gasteiger partial charge in [0.15, 0.2) is 0 Å². The summed E-state index contributed by atoms with van der Waals surface area (Å²) >= 11 is 0. The molecule has 2 aromatic rings. The second-order valence-corrected chi connectivity index (χ2v) is 3.82. The first-order chi connectivity index (χ1) is 7.16. The summed E-state index contributed by atoms with van der Waals surface area (Å²) in [5.41, 5.74) is 1.95. The molecule has 0 saturated heterocycles. The summed E-state index contributed by atoms with van der Waals surface area (Å²) in [5, 5.41) is 13.6. The fraction of sp³-hybridized carbons (Fsp3) is 0.250. The highest BCUT2D eigenvalue weighted by Crippen LogP contribution is 2.20. The van der Waals surface area contributed by atoms with Crippen LogP contribution in [0.4, 0.5) is 0 Å². The molecule has 0 fully saturated rings. The van der Waals surface area contributed by atoms with Crippen LogP contribution in [0.3, 0.4) is 0 Å². The monoisotopic (exact) mass is 202 g/mol. The summed E-state index contributed by atoms with van der Waals surface area (Å²) in [7, 11) is 0. The third-order valence-electron chi connectivity index (χ3n) is 2.30. The standard InChI is InChI=1S/C12H14N2O/c1-9(2)14-8-7-12(13-14)10-3-5-11(15)6-4-10/h3-9,15H,1-2H3. The van der Waals surface area contributed by atoms with E-state index in [0.717, 1.165) is 11.3 Å². The summed E-state index contributed by atoms with van der Waals surface area (Å²) < 4.78 is 1.92. The topological polar surface area (TPSA) is 38.0 Å². The van der Waals surface area contributed by atoms with Crippen molar-refractivity contribution in [2.45, 2.75) is 19.9 Å². The van der Waals surface area contributed by atoms with Gasteiger partial charge in [-0.05, 0) is 44.2 Å². The van der Waals surface area contributed by atoms with E-state index in [4.69, 9.17) is 0 Å². The largest absolute Gasteiger partial charge is 0.508 e. The highest BCUT2D eigenvalue weighted by atomic mass is 16.3. The summed E-state index contributed by atoms with van der Waals surface area (Å²) in [4.78, 5) is 0. The average molecular weight is 202 g/mol. The number of phenolic OH excluding ortho intramolecular Hbond substituents is 1. The summed E-state index contributed by atoms with van der Waals surface area (Å²) in [6.45, 7) is 4.18. The zero-order valence-corrected chi connectivity index (χ0v) is 8.88. The number of benzene rings is 1. The molecule has 0 atom stereocenters. The Bertz CT molecular complexity index is 443. The van der Waals surface area contributed by atoms with Crippen LogP contribution >= 0.6 is 0 Å². The molecule has 0 aliphatic heterocycles. The third-order valence-corrected chi connectivity index (χ3v) is 2.30. The van der Waals surface area contributed by atoms with Gasteiger partial charge in [0.05, 0.1) is 5.69 Å². The summed E-state index contributed by atoms with van der Waals surface area (Å²) in [6.07, 6.45) is 1.97. The average Bonchev–Trinajstić information content (AvgIpc) is 2.68. The molecule has 2 rings (SSSR count). The maximum absolute atomic E-state index is 9.17. The normalized spacial score (nSPS) is 10.9. The zero-order valence-electron chi connectivity index (χ0n) is 8.88. The fourth-order valence-corrected chi connectivity index (χ4v) is 1.41. The lowest BCUT2D eigenvalue weighted by Gasteiger charge is -2.03. The predicted octanol–water partition coefficient (Wildman–Crippen LogP) is 2.84. The Labute approximate surface area is 89.0 Å². The highest BCUT2D eigenvalue weighted by Gasteiger charge is 2.03. The predicted molar refractivity (Wildman–Crippen MR) is 59.7 cm³/mol. The van der Waals surface area contributed by atoms with E-state index in [1.807, 2.05) is 29.1 Å². The van der Waals surface area contributed by atoms with Crippen molar-refractivity contribution in [1.82, 2.24) is 9.78 Å². The maximum Gasteiger partial charge on any atom is 0.115 e. The minimum Gasteiger partial charge on any atom is -0.508 e. The molecule has 1 aromatic carbocycles. The molecule has 1 heterocycles. The van der Waals surface area contributed by atoms with Crippen LogP contribution in [0, 0.1) is 0 Å². The smallest absolute Gasteiger partial charge is 0.115 e. The maximum atomic E-state index is 9.17. The van der Waals surface area contributed by atoms with E-state index in [1.54, 1.807) is 12.1 Å². The van der Waals surface area contributed by atoms with Crippen LogP contribution < -0.4 is 0 Å². The molecular weight excluding hydrogens is 188 g/mol. The molecule has 0 bridgehead atoms. The number of aromatic nitrogens is 2. The second kappa shape index (κ2) is 3.77. The minimum absolute atomic E-state index is 0.280. The molecule has 0 radical (unpaired) electrons. The molecule has 1 aromatic heterocycles. The van der Waals surface area contributed by atoms with Crippen molar-refractivity contribution in [3.05, 3.63) is 36.5 Å². The molecule has 0 aliphatic carbocycles. The molecule has 3 nitrogen and oxygen atoms in total. The van der Waals surface area contributed by atoms with E-state index in [2.05, 4.69) is 18.9 Å². The van der Waals surface area contributed by atoms with Crippen molar-refractivity contribution in [2.24, 2.45) is 0 Å². The van der Waals surface area contributed by atoms with E-state index < -0.39 is 0 Å². The van der Waals surface area contributed by atoms with Crippen molar-refractivity contribution < 1.29 is 5.11 Å².